The van der Waals surface area contributed by atoms with Gasteiger partial charge in [-0.1, -0.05) is 39.3 Å². The molecule has 1 N–H and O–H groups in total. The molecule has 0 aliphatic carbocycles. The second-order valence-electron chi connectivity index (χ2n) is 5.98. The van der Waals surface area contributed by atoms with Crippen LogP contribution in [0.3, 0.4) is 0 Å². The summed E-state index contributed by atoms with van der Waals surface area (Å²) >= 11 is 9.31. The molecule has 0 unspecified atom stereocenters. The standard InChI is InChI=1S/C15H22BrClFN/c1-10(2)9-19-6-5-15(3,4)11-7-13(17)12(16)8-14(11)18/h7-8,10,19H,5-6,9H2,1-4H3. The van der Waals surface area contributed by atoms with Crippen LogP contribution in [0.15, 0.2) is 16.6 Å². The molecule has 0 aliphatic rings. The van der Waals surface area contributed by atoms with Gasteiger partial charge >= 0.3 is 0 Å². The largest absolute Gasteiger partial charge is 0.316 e. The van der Waals surface area contributed by atoms with Crippen molar-refractivity contribution in [2.75, 3.05) is 13.1 Å². The van der Waals surface area contributed by atoms with E-state index in [1.165, 1.54) is 6.07 Å². The molecule has 0 fully saturated rings. The van der Waals surface area contributed by atoms with Crippen molar-refractivity contribution in [3.63, 3.8) is 0 Å². The fourth-order valence-corrected chi connectivity index (χ4v) is 2.45. The van der Waals surface area contributed by atoms with Gasteiger partial charge in [-0.25, -0.2) is 4.39 Å². The topological polar surface area (TPSA) is 12.0 Å². The van der Waals surface area contributed by atoms with E-state index in [1.807, 2.05) is 13.8 Å². The highest BCUT2D eigenvalue weighted by molar-refractivity contribution is 9.10. The van der Waals surface area contributed by atoms with E-state index in [2.05, 4.69) is 35.1 Å². The minimum atomic E-state index is -0.238. The number of benzene rings is 1. The number of rotatable bonds is 6. The molecule has 0 aromatic heterocycles. The minimum Gasteiger partial charge on any atom is -0.316 e. The SMILES string of the molecule is CC(C)CNCCC(C)(C)c1cc(Cl)c(Br)cc1F. The molecular formula is C15H22BrClFN. The van der Waals surface area contributed by atoms with Gasteiger partial charge in [0.1, 0.15) is 5.82 Å². The zero-order chi connectivity index (χ0) is 14.6. The van der Waals surface area contributed by atoms with Crippen molar-refractivity contribution in [2.24, 2.45) is 5.92 Å². The van der Waals surface area contributed by atoms with Crippen LogP contribution in [-0.2, 0) is 5.41 Å². The number of hydrogen-bond donors (Lipinski definition) is 1. The van der Waals surface area contributed by atoms with Gasteiger partial charge in [-0.2, -0.15) is 0 Å². The molecule has 1 nitrogen and oxygen atoms in total. The fourth-order valence-electron chi connectivity index (χ4n) is 1.97. The Morgan fingerprint density at radius 3 is 2.58 bits per heavy atom. The fraction of sp³-hybridized carbons (Fsp3) is 0.600. The lowest BCUT2D eigenvalue weighted by Gasteiger charge is -2.26. The van der Waals surface area contributed by atoms with Crippen molar-refractivity contribution in [3.8, 4) is 0 Å². The van der Waals surface area contributed by atoms with E-state index in [0.717, 1.165) is 19.5 Å². The Morgan fingerprint density at radius 1 is 1.37 bits per heavy atom. The quantitative estimate of drug-likeness (QED) is 0.552. The van der Waals surface area contributed by atoms with Gasteiger partial charge in [0.05, 0.1) is 5.02 Å². The summed E-state index contributed by atoms with van der Waals surface area (Å²) in [5, 5.41) is 3.95. The molecule has 0 saturated heterocycles. The summed E-state index contributed by atoms with van der Waals surface area (Å²) in [5.41, 5.74) is 0.435. The van der Waals surface area contributed by atoms with Crippen molar-refractivity contribution < 1.29 is 4.39 Å². The van der Waals surface area contributed by atoms with Crippen LogP contribution >= 0.6 is 27.5 Å². The first kappa shape index (κ1) is 16.9. The van der Waals surface area contributed by atoms with Crippen LogP contribution in [-0.4, -0.2) is 13.1 Å². The highest BCUT2D eigenvalue weighted by atomic mass is 79.9. The van der Waals surface area contributed by atoms with Crippen LogP contribution < -0.4 is 5.32 Å². The van der Waals surface area contributed by atoms with Crippen LogP contribution in [0, 0.1) is 11.7 Å². The molecule has 0 heterocycles. The molecule has 0 saturated carbocycles. The lowest BCUT2D eigenvalue weighted by Crippen LogP contribution is -2.28. The van der Waals surface area contributed by atoms with Gasteiger partial charge in [0.25, 0.3) is 0 Å². The Morgan fingerprint density at radius 2 is 2.00 bits per heavy atom. The predicted molar refractivity (Wildman–Crippen MR) is 84.5 cm³/mol. The third kappa shape index (κ3) is 5.05. The molecule has 0 atom stereocenters. The molecule has 0 amide bonds. The van der Waals surface area contributed by atoms with E-state index in [1.54, 1.807) is 6.07 Å². The average molecular weight is 351 g/mol. The van der Waals surface area contributed by atoms with Gasteiger partial charge in [0.15, 0.2) is 0 Å². The normalized spacial score (nSPS) is 12.2. The van der Waals surface area contributed by atoms with Crippen molar-refractivity contribution in [2.45, 2.75) is 39.5 Å². The van der Waals surface area contributed by atoms with E-state index in [0.29, 0.717) is 21.0 Å². The van der Waals surface area contributed by atoms with Gasteiger partial charge in [0, 0.05) is 4.47 Å². The Hall–Kier alpha value is -0.120. The van der Waals surface area contributed by atoms with E-state index in [4.69, 9.17) is 11.6 Å². The van der Waals surface area contributed by atoms with E-state index in [9.17, 15) is 4.39 Å². The molecule has 19 heavy (non-hydrogen) atoms. The summed E-state index contributed by atoms with van der Waals surface area (Å²) in [5.74, 6) is 0.423. The van der Waals surface area contributed by atoms with Gasteiger partial charge in [-0.05, 0) is 64.5 Å². The molecule has 0 spiro atoms. The summed E-state index contributed by atoms with van der Waals surface area (Å²) in [6, 6.07) is 3.17. The second kappa shape index (κ2) is 7.05. The third-order valence-electron chi connectivity index (χ3n) is 3.22. The monoisotopic (exact) mass is 349 g/mol. The van der Waals surface area contributed by atoms with Gasteiger partial charge in [-0.15, -0.1) is 0 Å². The first-order chi connectivity index (χ1) is 8.74. The van der Waals surface area contributed by atoms with Crippen LogP contribution in [0.5, 0.6) is 0 Å². The maximum Gasteiger partial charge on any atom is 0.128 e. The summed E-state index contributed by atoms with van der Waals surface area (Å²) in [6.45, 7) is 10.3. The zero-order valence-corrected chi connectivity index (χ0v) is 14.3. The van der Waals surface area contributed by atoms with Crippen LogP contribution in [0.1, 0.15) is 39.7 Å². The number of hydrogen-bond acceptors (Lipinski definition) is 1. The van der Waals surface area contributed by atoms with Gasteiger partial charge < -0.3 is 5.32 Å². The average Bonchev–Trinajstić information content (AvgIpc) is 2.29. The van der Waals surface area contributed by atoms with Crippen molar-refractivity contribution in [1.29, 1.82) is 0 Å². The van der Waals surface area contributed by atoms with Gasteiger partial charge in [-0.3, -0.25) is 0 Å². The Kier molecular flexibility index (Phi) is 6.28. The van der Waals surface area contributed by atoms with Crippen LogP contribution in [0.4, 0.5) is 4.39 Å². The molecular weight excluding hydrogens is 329 g/mol. The van der Waals surface area contributed by atoms with Crippen molar-refractivity contribution in [3.05, 3.63) is 33.0 Å². The first-order valence-electron chi connectivity index (χ1n) is 6.60. The number of halogens is 3. The molecule has 1 aromatic rings. The highest BCUT2D eigenvalue weighted by Gasteiger charge is 2.24. The molecule has 1 rings (SSSR count). The summed E-state index contributed by atoms with van der Waals surface area (Å²) in [6.07, 6.45) is 0.870. The number of nitrogens with one attached hydrogen (secondary N) is 1. The molecule has 0 aliphatic heterocycles. The Bertz CT molecular complexity index is 432. The molecule has 1 aromatic carbocycles. The van der Waals surface area contributed by atoms with E-state index < -0.39 is 0 Å². The zero-order valence-electron chi connectivity index (χ0n) is 12.0. The lowest BCUT2D eigenvalue weighted by molar-refractivity contribution is 0.424. The molecule has 4 heteroatoms. The maximum atomic E-state index is 14.1. The van der Waals surface area contributed by atoms with Crippen LogP contribution in [0.2, 0.25) is 5.02 Å². The third-order valence-corrected chi connectivity index (χ3v) is 4.42. The summed E-state index contributed by atoms with van der Waals surface area (Å²) in [7, 11) is 0. The van der Waals surface area contributed by atoms with Gasteiger partial charge in [0.2, 0.25) is 0 Å². The Labute approximate surface area is 129 Å². The van der Waals surface area contributed by atoms with E-state index in [-0.39, 0.29) is 11.2 Å². The molecule has 0 radical (unpaired) electrons. The van der Waals surface area contributed by atoms with Crippen molar-refractivity contribution >= 4 is 27.5 Å². The summed E-state index contributed by atoms with van der Waals surface area (Å²) < 4.78 is 14.7. The molecule has 108 valence electrons. The summed E-state index contributed by atoms with van der Waals surface area (Å²) in [4.78, 5) is 0. The Balaban J connectivity index is 2.74. The molecule has 0 bridgehead atoms. The van der Waals surface area contributed by atoms with E-state index >= 15 is 0 Å². The minimum absolute atomic E-state index is 0.204. The first-order valence-corrected chi connectivity index (χ1v) is 7.77. The van der Waals surface area contributed by atoms with Crippen LogP contribution in [0.25, 0.3) is 0 Å². The smallest absolute Gasteiger partial charge is 0.128 e. The highest BCUT2D eigenvalue weighted by Crippen LogP contribution is 2.34. The second-order valence-corrected chi connectivity index (χ2v) is 7.24. The maximum absolute atomic E-state index is 14.1. The van der Waals surface area contributed by atoms with Crippen molar-refractivity contribution in [1.82, 2.24) is 5.32 Å². The lowest BCUT2D eigenvalue weighted by atomic mass is 9.81. The predicted octanol–water partition coefficient (Wildman–Crippen LogP) is 5.15.